The molecular weight excluding hydrogens is 339 g/mol. The van der Waals surface area contributed by atoms with E-state index in [1.54, 1.807) is 12.1 Å². The predicted molar refractivity (Wildman–Crippen MR) is 99.8 cm³/mol. The minimum Gasteiger partial charge on any atom is -0.371 e. The third-order valence-electron chi connectivity index (χ3n) is 4.68. The van der Waals surface area contributed by atoms with Crippen molar-refractivity contribution in [1.29, 1.82) is 0 Å². The van der Waals surface area contributed by atoms with Crippen LogP contribution in [-0.2, 0) is 4.79 Å². The molecule has 0 aliphatic carbocycles. The Morgan fingerprint density at radius 2 is 1.96 bits per heavy atom. The Morgan fingerprint density at radius 3 is 2.72 bits per heavy atom. The van der Waals surface area contributed by atoms with Gasteiger partial charge < -0.3 is 4.90 Å². The molecule has 2 saturated heterocycles. The Labute approximate surface area is 150 Å². The van der Waals surface area contributed by atoms with Crippen LogP contribution in [-0.4, -0.2) is 42.3 Å². The number of rotatable bonds is 2. The van der Waals surface area contributed by atoms with Crippen LogP contribution in [0.5, 0.6) is 0 Å². The second-order valence-electron chi connectivity index (χ2n) is 6.47. The standard InChI is InChI=1S/C18H21FN4OS/c19-14-6-5-13(15(12-14)22-8-3-4-9-22)11-16-17(24)21-18(25-16)23-10-2-1-7-20-23/h5-6,11-12,20H,1-4,7-10H2/b16-11-. The quantitative estimate of drug-likeness (QED) is 0.822. The zero-order valence-electron chi connectivity index (χ0n) is 14.0. The van der Waals surface area contributed by atoms with Crippen LogP contribution in [0.25, 0.3) is 6.08 Å². The molecule has 3 aliphatic rings. The highest BCUT2D eigenvalue weighted by Crippen LogP contribution is 2.33. The van der Waals surface area contributed by atoms with Crippen LogP contribution in [0.15, 0.2) is 28.1 Å². The summed E-state index contributed by atoms with van der Waals surface area (Å²) in [5, 5.41) is 2.67. The van der Waals surface area contributed by atoms with Gasteiger partial charge in [-0.05, 0) is 67.3 Å². The van der Waals surface area contributed by atoms with Gasteiger partial charge in [0.1, 0.15) is 5.82 Å². The summed E-state index contributed by atoms with van der Waals surface area (Å²) in [6.45, 7) is 3.63. The topological polar surface area (TPSA) is 47.9 Å². The van der Waals surface area contributed by atoms with Crippen molar-refractivity contribution in [2.24, 2.45) is 4.99 Å². The molecule has 25 heavy (non-hydrogen) atoms. The molecule has 0 spiro atoms. The summed E-state index contributed by atoms with van der Waals surface area (Å²) in [4.78, 5) is 19.3. The molecule has 2 fully saturated rings. The number of carbonyl (C=O) groups is 1. The highest BCUT2D eigenvalue weighted by atomic mass is 32.2. The number of hydrogen-bond donors (Lipinski definition) is 1. The molecule has 0 saturated carbocycles. The maximum Gasteiger partial charge on any atom is 0.286 e. The van der Waals surface area contributed by atoms with Crippen molar-refractivity contribution in [3.05, 3.63) is 34.5 Å². The third kappa shape index (κ3) is 3.57. The monoisotopic (exact) mass is 360 g/mol. The molecule has 4 rings (SSSR count). The predicted octanol–water partition coefficient (Wildman–Crippen LogP) is 3.00. The molecule has 0 radical (unpaired) electrons. The number of nitrogens with one attached hydrogen (secondary N) is 1. The van der Waals surface area contributed by atoms with Crippen molar-refractivity contribution >= 4 is 34.6 Å². The molecule has 5 nitrogen and oxygen atoms in total. The van der Waals surface area contributed by atoms with E-state index < -0.39 is 0 Å². The fraction of sp³-hybridized carbons (Fsp3) is 0.444. The van der Waals surface area contributed by atoms with Gasteiger partial charge in [0, 0.05) is 31.9 Å². The van der Waals surface area contributed by atoms with Crippen molar-refractivity contribution in [3.8, 4) is 0 Å². The van der Waals surface area contributed by atoms with Crippen molar-refractivity contribution in [3.63, 3.8) is 0 Å². The van der Waals surface area contributed by atoms with Crippen molar-refractivity contribution in [2.75, 3.05) is 31.1 Å². The van der Waals surface area contributed by atoms with Gasteiger partial charge in [-0.2, -0.15) is 4.99 Å². The van der Waals surface area contributed by atoms with E-state index >= 15 is 0 Å². The number of amides is 1. The molecule has 0 atom stereocenters. The first-order valence-corrected chi connectivity index (χ1v) is 9.60. The van der Waals surface area contributed by atoms with Crippen LogP contribution < -0.4 is 10.3 Å². The summed E-state index contributed by atoms with van der Waals surface area (Å²) in [6.07, 6.45) is 6.32. The SMILES string of the molecule is O=C1N=C(N2CCCCN2)S/C1=C\c1ccc(F)cc1N1CCCC1. The van der Waals surface area contributed by atoms with Gasteiger partial charge in [-0.25, -0.2) is 9.82 Å². The summed E-state index contributed by atoms with van der Waals surface area (Å²) >= 11 is 1.39. The fourth-order valence-corrected chi connectivity index (χ4v) is 4.29. The highest BCUT2D eigenvalue weighted by molar-refractivity contribution is 8.18. The number of halogens is 1. The fourth-order valence-electron chi connectivity index (χ4n) is 3.38. The summed E-state index contributed by atoms with van der Waals surface area (Å²) < 4.78 is 13.7. The second-order valence-corrected chi connectivity index (χ2v) is 7.48. The molecule has 0 unspecified atom stereocenters. The summed E-state index contributed by atoms with van der Waals surface area (Å²) in [7, 11) is 0. The van der Waals surface area contributed by atoms with E-state index in [2.05, 4.69) is 15.3 Å². The molecule has 1 N–H and O–H groups in total. The maximum atomic E-state index is 13.7. The molecular formula is C18H21FN4OS. The lowest BCUT2D eigenvalue weighted by molar-refractivity contribution is -0.113. The average Bonchev–Trinajstić information content (AvgIpc) is 3.28. The molecule has 3 aliphatic heterocycles. The zero-order chi connectivity index (χ0) is 17.2. The summed E-state index contributed by atoms with van der Waals surface area (Å²) in [5.41, 5.74) is 5.01. The lowest BCUT2D eigenvalue weighted by atomic mass is 10.1. The number of hydrogen-bond acceptors (Lipinski definition) is 5. The Bertz CT molecular complexity index is 737. The van der Waals surface area contributed by atoms with Gasteiger partial charge in [0.2, 0.25) is 0 Å². The van der Waals surface area contributed by atoms with Gasteiger partial charge >= 0.3 is 0 Å². The summed E-state index contributed by atoms with van der Waals surface area (Å²) in [5.74, 6) is -0.465. The van der Waals surface area contributed by atoms with Gasteiger partial charge in [-0.1, -0.05) is 0 Å². The number of carbonyl (C=O) groups excluding carboxylic acids is 1. The largest absolute Gasteiger partial charge is 0.371 e. The normalized spacial score (nSPS) is 22.8. The number of anilines is 1. The Morgan fingerprint density at radius 1 is 1.16 bits per heavy atom. The van der Waals surface area contributed by atoms with E-state index in [0.717, 1.165) is 63.1 Å². The smallest absolute Gasteiger partial charge is 0.286 e. The molecule has 1 aromatic carbocycles. The van der Waals surface area contributed by atoms with Crippen molar-refractivity contribution in [1.82, 2.24) is 10.4 Å². The molecule has 3 heterocycles. The number of nitrogens with zero attached hydrogens (tertiary/aromatic N) is 3. The molecule has 1 aromatic rings. The first-order chi connectivity index (χ1) is 12.2. The number of benzene rings is 1. The first kappa shape index (κ1) is 16.6. The van der Waals surface area contributed by atoms with Crippen LogP contribution in [0.2, 0.25) is 0 Å². The molecule has 7 heteroatoms. The Balaban J connectivity index is 1.58. The van der Waals surface area contributed by atoms with Crippen LogP contribution in [0, 0.1) is 5.82 Å². The minimum atomic E-state index is -0.246. The lowest BCUT2D eigenvalue weighted by Gasteiger charge is -2.28. The Kier molecular flexibility index (Phi) is 4.76. The number of amidine groups is 1. The van der Waals surface area contributed by atoms with Crippen LogP contribution in [0.1, 0.15) is 31.2 Å². The summed E-state index contributed by atoms with van der Waals surface area (Å²) in [6, 6.07) is 4.76. The van der Waals surface area contributed by atoms with Crippen LogP contribution >= 0.6 is 11.8 Å². The van der Waals surface area contributed by atoms with Gasteiger partial charge in [-0.15, -0.1) is 0 Å². The lowest BCUT2D eigenvalue weighted by Crippen LogP contribution is -2.45. The van der Waals surface area contributed by atoms with E-state index in [4.69, 9.17) is 0 Å². The molecule has 0 bridgehead atoms. The molecule has 1 amide bonds. The average molecular weight is 360 g/mol. The number of hydrazine groups is 1. The number of aliphatic imine (C=N–C) groups is 1. The zero-order valence-corrected chi connectivity index (χ0v) is 14.8. The van der Waals surface area contributed by atoms with Gasteiger partial charge in [-0.3, -0.25) is 9.80 Å². The van der Waals surface area contributed by atoms with Crippen LogP contribution in [0.3, 0.4) is 0 Å². The van der Waals surface area contributed by atoms with E-state index in [-0.39, 0.29) is 11.7 Å². The maximum absolute atomic E-state index is 13.7. The van der Waals surface area contributed by atoms with Crippen LogP contribution in [0.4, 0.5) is 10.1 Å². The number of thioether (sulfide) groups is 1. The van der Waals surface area contributed by atoms with Crippen molar-refractivity contribution in [2.45, 2.75) is 25.7 Å². The van der Waals surface area contributed by atoms with E-state index in [9.17, 15) is 9.18 Å². The van der Waals surface area contributed by atoms with E-state index in [0.29, 0.717) is 10.1 Å². The molecule has 0 aromatic heterocycles. The minimum absolute atomic E-state index is 0.218. The Hall–Kier alpha value is -1.86. The molecule has 132 valence electrons. The highest BCUT2D eigenvalue weighted by Gasteiger charge is 2.27. The van der Waals surface area contributed by atoms with Gasteiger partial charge in [0.25, 0.3) is 5.91 Å². The van der Waals surface area contributed by atoms with E-state index in [1.165, 1.54) is 17.8 Å². The van der Waals surface area contributed by atoms with Gasteiger partial charge in [0.15, 0.2) is 5.17 Å². The second kappa shape index (κ2) is 7.17. The van der Waals surface area contributed by atoms with Gasteiger partial charge in [0.05, 0.1) is 4.91 Å². The first-order valence-electron chi connectivity index (χ1n) is 8.79. The van der Waals surface area contributed by atoms with E-state index in [1.807, 2.05) is 11.1 Å². The third-order valence-corrected chi connectivity index (χ3v) is 5.68. The van der Waals surface area contributed by atoms with Crippen molar-refractivity contribution < 1.29 is 9.18 Å².